The molecule has 0 aliphatic carbocycles. The number of hydrogen-bond acceptors (Lipinski definition) is 1. The van der Waals surface area contributed by atoms with E-state index in [0.29, 0.717) is 5.91 Å². The number of rotatable bonds is 14. The molecule has 21 heavy (non-hydrogen) atoms. The molecule has 0 saturated heterocycles. The van der Waals surface area contributed by atoms with Crippen LogP contribution in [0.2, 0.25) is 0 Å². The number of amides is 1. The van der Waals surface area contributed by atoms with Crippen LogP contribution in [-0.4, -0.2) is 30.0 Å². The zero-order valence-corrected chi connectivity index (χ0v) is 15.3. The van der Waals surface area contributed by atoms with Crippen molar-refractivity contribution in [2.75, 3.05) is 19.6 Å². The smallest absolute Gasteiger partial charge is 0.261 e. The Balaban J connectivity index is 4.70. The molecule has 0 unspecified atom stereocenters. The van der Waals surface area contributed by atoms with Gasteiger partial charge in [-0.3, -0.25) is 4.48 Å². The van der Waals surface area contributed by atoms with Crippen LogP contribution in [0.3, 0.4) is 0 Å². The Morgan fingerprint density at radius 3 is 1.43 bits per heavy atom. The quantitative estimate of drug-likeness (QED) is 0.297. The van der Waals surface area contributed by atoms with Crippen molar-refractivity contribution in [2.24, 2.45) is 0 Å². The summed E-state index contributed by atoms with van der Waals surface area (Å²) in [5, 5.41) is 0. The van der Waals surface area contributed by atoms with Crippen molar-refractivity contribution in [2.45, 2.75) is 98.3 Å². The fourth-order valence-electron chi connectivity index (χ4n) is 3.03. The molecule has 0 aliphatic heterocycles. The van der Waals surface area contributed by atoms with E-state index in [2.05, 4.69) is 27.7 Å². The predicted octanol–water partition coefficient (Wildman–Crippen LogP) is 5.70. The molecule has 0 spiro atoms. The van der Waals surface area contributed by atoms with Crippen LogP contribution in [0, 0.1) is 0 Å². The maximum Gasteiger partial charge on any atom is 0.313 e. The first kappa shape index (κ1) is 20.6. The average molecular weight is 299 g/mol. The number of carbonyl (C=O) groups excluding carboxylic acids is 1. The normalized spacial score (nSPS) is 11.8. The maximum atomic E-state index is 12.9. The van der Waals surface area contributed by atoms with Crippen LogP contribution in [-0.2, 0) is 4.79 Å². The standard InChI is InChI=1S/C19H40NO/c1-5-9-13-14-15-19(21)20(16-10-6-2,17-11-7-3)18-12-8-4/h5-18H2,1-4H3/q+1. The van der Waals surface area contributed by atoms with E-state index in [0.717, 1.165) is 37.0 Å². The SMILES string of the molecule is CCCCCCC(=O)[N+](CCCC)(CCCC)CCCC. The van der Waals surface area contributed by atoms with Gasteiger partial charge in [-0.1, -0.05) is 66.2 Å². The summed E-state index contributed by atoms with van der Waals surface area (Å²) in [6.07, 6.45) is 12.8. The second kappa shape index (κ2) is 13.3. The fourth-order valence-corrected chi connectivity index (χ4v) is 3.03. The Bertz CT molecular complexity index is 228. The van der Waals surface area contributed by atoms with Crippen LogP contribution in [0.5, 0.6) is 0 Å². The minimum absolute atomic E-state index is 0.529. The van der Waals surface area contributed by atoms with E-state index in [1.165, 1.54) is 57.8 Å². The van der Waals surface area contributed by atoms with Crippen molar-refractivity contribution in [1.82, 2.24) is 0 Å². The molecule has 0 atom stereocenters. The molecule has 2 heteroatoms. The molecule has 2 nitrogen and oxygen atoms in total. The number of hydrogen-bond donors (Lipinski definition) is 0. The van der Waals surface area contributed by atoms with Gasteiger partial charge in [0.1, 0.15) is 0 Å². The summed E-state index contributed by atoms with van der Waals surface area (Å²) >= 11 is 0. The molecule has 0 radical (unpaired) electrons. The second-order valence-electron chi connectivity index (χ2n) is 6.58. The summed E-state index contributed by atoms with van der Waals surface area (Å²) in [5.41, 5.74) is 0. The highest BCUT2D eigenvalue weighted by molar-refractivity contribution is 5.69. The third-order valence-electron chi connectivity index (χ3n) is 4.59. The summed E-state index contributed by atoms with van der Waals surface area (Å²) in [6.45, 7) is 12.2. The molecular weight excluding hydrogens is 258 g/mol. The zero-order valence-electron chi connectivity index (χ0n) is 15.3. The largest absolute Gasteiger partial charge is 0.313 e. The number of quaternary nitrogens is 1. The highest BCUT2D eigenvalue weighted by atomic mass is 16.2. The van der Waals surface area contributed by atoms with E-state index >= 15 is 0 Å². The van der Waals surface area contributed by atoms with Gasteiger partial charge in [-0.05, 0) is 25.7 Å². The van der Waals surface area contributed by atoms with Gasteiger partial charge < -0.3 is 0 Å². The number of carbonyl (C=O) groups is 1. The van der Waals surface area contributed by atoms with E-state index in [4.69, 9.17) is 0 Å². The van der Waals surface area contributed by atoms with Gasteiger partial charge in [-0.25, -0.2) is 4.79 Å². The van der Waals surface area contributed by atoms with Crippen LogP contribution in [0.15, 0.2) is 0 Å². The molecule has 0 aliphatic rings. The highest BCUT2D eigenvalue weighted by Crippen LogP contribution is 2.19. The lowest BCUT2D eigenvalue weighted by molar-refractivity contribution is -0.855. The lowest BCUT2D eigenvalue weighted by Gasteiger charge is -2.36. The number of nitrogens with zero attached hydrogens (tertiary/aromatic N) is 1. The van der Waals surface area contributed by atoms with E-state index in [9.17, 15) is 4.79 Å². The highest BCUT2D eigenvalue weighted by Gasteiger charge is 2.33. The third-order valence-corrected chi connectivity index (χ3v) is 4.59. The third kappa shape index (κ3) is 8.60. The average Bonchev–Trinajstić information content (AvgIpc) is 2.51. The molecule has 0 fully saturated rings. The Hall–Kier alpha value is -0.370. The lowest BCUT2D eigenvalue weighted by atomic mass is 10.1. The van der Waals surface area contributed by atoms with Crippen molar-refractivity contribution in [3.8, 4) is 0 Å². The van der Waals surface area contributed by atoms with Gasteiger partial charge in [-0.2, -0.15) is 0 Å². The van der Waals surface area contributed by atoms with Crippen molar-refractivity contribution < 1.29 is 9.28 Å². The van der Waals surface area contributed by atoms with Gasteiger partial charge in [0.2, 0.25) is 0 Å². The summed E-state index contributed by atoms with van der Waals surface area (Å²) < 4.78 is 0.779. The van der Waals surface area contributed by atoms with Gasteiger partial charge in [0, 0.05) is 0 Å². The Morgan fingerprint density at radius 2 is 1.05 bits per heavy atom. The molecule has 0 N–H and O–H groups in total. The maximum absolute atomic E-state index is 12.9. The number of unbranched alkanes of at least 4 members (excludes halogenated alkanes) is 6. The van der Waals surface area contributed by atoms with E-state index < -0.39 is 0 Å². The van der Waals surface area contributed by atoms with Gasteiger partial charge in [0.05, 0.1) is 26.1 Å². The molecule has 1 amide bonds. The Morgan fingerprint density at radius 1 is 0.619 bits per heavy atom. The van der Waals surface area contributed by atoms with E-state index in [1.54, 1.807) is 0 Å². The minimum Gasteiger partial charge on any atom is -0.261 e. The van der Waals surface area contributed by atoms with Crippen LogP contribution in [0.4, 0.5) is 0 Å². The molecule has 126 valence electrons. The van der Waals surface area contributed by atoms with Gasteiger partial charge in [0.15, 0.2) is 0 Å². The van der Waals surface area contributed by atoms with Crippen molar-refractivity contribution in [3.63, 3.8) is 0 Å². The first-order chi connectivity index (χ1) is 10.2. The summed E-state index contributed by atoms with van der Waals surface area (Å²) in [5.74, 6) is 0.529. The lowest BCUT2D eigenvalue weighted by Crippen LogP contribution is -2.54. The van der Waals surface area contributed by atoms with Gasteiger partial charge in [-0.15, -0.1) is 0 Å². The van der Waals surface area contributed by atoms with Gasteiger partial charge >= 0.3 is 5.91 Å². The minimum atomic E-state index is 0.529. The van der Waals surface area contributed by atoms with Crippen molar-refractivity contribution in [1.29, 1.82) is 0 Å². The van der Waals surface area contributed by atoms with E-state index in [1.807, 2.05) is 0 Å². The summed E-state index contributed by atoms with van der Waals surface area (Å²) in [6, 6.07) is 0. The molecule has 0 aromatic rings. The van der Waals surface area contributed by atoms with E-state index in [-0.39, 0.29) is 0 Å². The van der Waals surface area contributed by atoms with Crippen LogP contribution in [0.1, 0.15) is 98.3 Å². The predicted molar refractivity (Wildman–Crippen MR) is 93.4 cm³/mol. The Kier molecular flexibility index (Phi) is 13.1. The summed E-state index contributed by atoms with van der Waals surface area (Å²) in [4.78, 5) is 12.9. The molecule has 0 rings (SSSR count). The zero-order chi connectivity index (χ0) is 16.0. The molecular formula is C19H40NO+. The monoisotopic (exact) mass is 298 g/mol. The van der Waals surface area contributed by atoms with Gasteiger partial charge in [0.25, 0.3) is 0 Å². The molecule has 0 heterocycles. The molecule has 0 aromatic carbocycles. The van der Waals surface area contributed by atoms with Crippen LogP contribution in [0.25, 0.3) is 0 Å². The fraction of sp³-hybridized carbons (Fsp3) is 0.947. The first-order valence-electron chi connectivity index (χ1n) is 9.56. The van der Waals surface area contributed by atoms with Crippen molar-refractivity contribution in [3.05, 3.63) is 0 Å². The second-order valence-corrected chi connectivity index (χ2v) is 6.58. The van der Waals surface area contributed by atoms with Crippen molar-refractivity contribution >= 4 is 5.91 Å². The Labute approximate surface area is 133 Å². The topological polar surface area (TPSA) is 17.1 Å². The molecule has 0 aromatic heterocycles. The summed E-state index contributed by atoms with van der Waals surface area (Å²) in [7, 11) is 0. The molecule has 0 saturated carbocycles. The molecule has 0 bridgehead atoms. The van der Waals surface area contributed by atoms with Crippen LogP contribution >= 0.6 is 0 Å². The van der Waals surface area contributed by atoms with Crippen LogP contribution < -0.4 is 0 Å². The first-order valence-corrected chi connectivity index (χ1v) is 9.56.